The van der Waals surface area contributed by atoms with Crippen LogP contribution in [0.3, 0.4) is 0 Å². The molecule has 134 valence electrons. The SMILES string of the molecule is CC(Sc1nncn1C1CC1)C(=O)Nc1ccc(OC(F)(F)F)cc1. The van der Waals surface area contributed by atoms with Crippen molar-refractivity contribution in [2.24, 2.45) is 0 Å². The first kappa shape index (κ1) is 17.6. The van der Waals surface area contributed by atoms with Crippen molar-refractivity contribution in [3.8, 4) is 5.75 Å². The van der Waals surface area contributed by atoms with Crippen LogP contribution in [0.15, 0.2) is 35.7 Å². The molecule has 1 unspecified atom stereocenters. The third-order valence-electron chi connectivity index (χ3n) is 3.49. The highest BCUT2D eigenvalue weighted by Crippen LogP contribution is 2.38. The van der Waals surface area contributed by atoms with Crippen LogP contribution in [0.4, 0.5) is 18.9 Å². The molecule has 1 aliphatic carbocycles. The number of hydrogen-bond donors (Lipinski definition) is 1. The normalized spacial score (nSPS) is 15.7. The van der Waals surface area contributed by atoms with Crippen LogP contribution < -0.4 is 10.1 Å². The molecule has 0 bridgehead atoms. The molecule has 3 rings (SSSR count). The number of anilines is 1. The minimum atomic E-state index is -4.74. The van der Waals surface area contributed by atoms with Crippen LogP contribution in [0, 0.1) is 0 Å². The molecule has 1 aromatic heterocycles. The summed E-state index contributed by atoms with van der Waals surface area (Å²) in [6, 6.07) is 5.40. The first-order valence-electron chi connectivity index (χ1n) is 7.54. The summed E-state index contributed by atoms with van der Waals surface area (Å²) in [5.41, 5.74) is 0.385. The fraction of sp³-hybridized carbons (Fsp3) is 0.400. The van der Waals surface area contributed by atoms with Gasteiger partial charge in [0.05, 0.1) is 5.25 Å². The summed E-state index contributed by atoms with van der Waals surface area (Å²) in [6.07, 6.45) is -0.922. The molecule has 0 aliphatic heterocycles. The number of carbonyl (C=O) groups excluding carboxylic acids is 1. The van der Waals surface area contributed by atoms with Gasteiger partial charge in [-0.25, -0.2) is 0 Å². The van der Waals surface area contributed by atoms with E-state index in [1.165, 1.54) is 23.9 Å². The summed E-state index contributed by atoms with van der Waals surface area (Å²) in [6.45, 7) is 1.73. The van der Waals surface area contributed by atoms with E-state index >= 15 is 0 Å². The molecule has 0 radical (unpaired) electrons. The van der Waals surface area contributed by atoms with E-state index in [2.05, 4.69) is 20.3 Å². The van der Waals surface area contributed by atoms with Gasteiger partial charge in [-0.1, -0.05) is 11.8 Å². The standard InChI is InChI=1S/C15H15F3N4O2S/c1-9(25-14-21-19-8-22(14)11-4-5-11)13(23)20-10-2-6-12(7-3-10)24-15(16,17)18/h2-3,6-9,11H,4-5H2,1H3,(H,20,23). The molecule has 1 fully saturated rings. The number of amides is 1. The van der Waals surface area contributed by atoms with Gasteiger partial charge in [-0.3, -0.25) is 4.79 Å². The van der Waals surface area contributed by atoms with Gasteiger partial charge < -0.3 is 14.6 Å². The highest BCUT2D eigenvalue weighted by atomic mass is 32.2. The fourth-order valence-electron chi connectivity index (χ4n) is 2.11. The summed E-state index contributed by atoms with van der Waals surface area (Å²) in [5.74, 6) is -0.620. The summed E-state index contributed by atoms with van der Waals surface area (Å²) < 4.78 is 42.1. The van der Waals surface area contributed by atoms with E-state index in [1.54, 1.807) is 13.3 Å². The number of benzene rings is 1. The Morgan fingerprint density at radius 3 is 2.64 bits per heavy atom. The lowest BCUT2D eigenvalue weighted by molar-refractivity contribution is -0.274. The molecule has 6 nitrogen and oxygen atoms in total. The van der Waals surface area contributed by atoms with Crippen LogP contribution in [-0.2, 0) is 4.79 Å². The largest absolute Gasteiger partial charge is 0.573 e. The third-order valence-corrected chi connectivity index (χ3v) is 4.56. The highest BCUT2D eigenvalue weighted by molar-refractivity contribution is 8.00. The van der Waals surface area contributed by atoms with Gasteiger partial charge in [0, 0.05) is 11.7 Å². The number of nitrogens with one attached hydrogen (secondary N) is 1. The quantitative estimate of drug-likeness (QED) is 0.784. The number of aromatic nitrogens is 3. The average Bonchev–Trinajstić information content (AvgIpc) is 3.27. The predicted octanol–water partition coefficient (Wildman–Crippen LogP) is 3.63. The zero-order valence-electron chi connectivity index (χ0n) is 13.2. The zero-order valence-corrected chi connectivity index (χ0v) is 14.0. The number of halogens is 3. The molecule has 1 amide bonds. The van der Waals surface area contributed by atoms with E-state index in [0.29, 0.717) is 16.9 Å². The minimum absolute atomic E-state index is 0.278. The van der Waals surface area contributed by atoms with Gasteiger partial charge in [-0.15, -0.1) is 23.4 Å². The van der Waals surface area contributed by atoms with Crippen LogP contribution in [0.25, 0.3) is 0 Å². The predicted molar refractivity (Wildman–Crippen MR) is 85.4 cm³/mol. The Balaban J connectivity index is 1.56. The van der Waals surface area contributed by atoms with E-state index in [9.17, 15) is 18.0 Å². The molecule has 1 aliphatic rings. The number of nitrogens with zero attached hydrogens (tertiary/aromatic N) is 3. The Kier molecular flexibility index (Phi) is 4.89. The zero-order chi connectivity index (χ0) is 18.0. The van der Waals surface area contributed by atoms with E-state index in [-0.39, 0.29) is 11.7 Å². The van der Waals surface area contributed by atoms with Crippen LogP contribution in [0.1, 0.15) is 25.8 Å². The molecule has 2 aromatic rings. The van der Waals surface area contributed by atoms with E-state index < -0.39 is 11.6 Å². The van der Waals surface area contributed by atoms with Crippen molar-refractivity contribution in [3.63, 3.8) is 0 Å². The first-order chi connectivity index (χ1) is 11.8. The smallest absolute Gasteiger partial charge is 0.406 e. The molecule has 0 spiro atoms. The molecule has 25 heavy (non-hydrogen) atoms. The van der Waals surface area contributed by atoms with Crippen LogP contribution in [-0.4, -0.2) is 32.3 Å². The molecule has 1 N–H and O–H groups in total. The van der Waals surface area contributed by atoms with Crippen LogP contribution in [0.2, 0.25) is 0 Å². The second kappa shape index (κ2) is 6.95. The van der Waals surface area contributed by atoms with Crippen molar-refractivity contribution in [3.05, 3.63) is 30.6 Å². The van der Waals surface area contributed by atoms with Gasteiger partial charge in [-0.2, -0.15) is 0 Å². The Labute approximate surface area is 145 Å². The van der Waals surface area contributed by atoms with Crippen molar-refractivity contribution in [2.75, 3.05) is 5.32 Å². The lowest BCUT2D eigenvalue weighted by atomic mass is 10.3. The Bertz CT molecular complexity index is 744. The molecule has 1 aromatic carbocycles. The minimum Gasteiger partial charge on any atom is -0.406 e. The van der Waals surface area contributed by atoms with Gasteiger partial charge in [0.15, 0.2) is 5.16 Å². The van der Waals surface area contributed by atoms with Gasteiger partial charge in [0.1, 0.15) is 12.1 Å². The number of ether oxygens (including phenoxy) is 1. The first-order valence-corrected chi connectivity index (χ1v) is 8.42. The Morgan fingerprint density at radius 1 is 1.36 bits per heavy atom. The lowest BCUT2D eigenvalue weighted by Gasteiger charge is -2.13. The maximum Gasteiger partial charge on any atom is 0.573 e. The molecule has 0 saturated heterocycles. The Morgan fingerprint density at radius 2 is 2.04 bits per heavy atom. The summed E-state index contributed by atoms with van der Waals surface area (Å²) in [5, 5.41) is 10.8. The number of rotatable bonds is 6. The number of hydrogen-bond acceptors (Lipinski definition) is 5. The third kappa shape index (κ3) is 4.88. The van der Waals surface area contributed by atoms with Gasteiger partial charge in [0.25, 0.3) is 0 Å². The van der Waals surface area contributed by atoms with Crippen molar-refractivity contribution in [1.29, 1.82) is 0 Å². The lowest BCUT2D eigenvalue weighted by Crippen LogP contribution is -2.23. The van der Waals surface area contributed by atoms with E-state index in [1.807, 2.05) is 4.57 Å². The fourth-order valence-corrected chi connectivity index (χ4v) is 3.01. The summed E-state index contributed by atoms with van der Waals surface area (Å²) in [4.78, 5) is 12.2. The van der Waals surface area contributed by atoms with Gasteiger partial charge >= 0.3 is 6.36 Å². The Hall–Kier alpha value is -2.23. The second-order valence-corrected chi connectivity index (χ2v) is 6.88. The van der Waals surface area contributed by atoms with E-state index in [4.69, 9.17) is 0 Å². The molecule has 1 atom stereocenters. The van der Waals surface area contributed by atoms with Crippen LogP contribution >= 0.6 is 11.8 Å². The maximum atomic E-state index is 12.2. The molecular weight excluding hydrogens is 357 g/mol. The van der Waals surface area contributed by atoms with Crippen molar-refractivity contribution in [1.82, 2.24) is 14.8 Å². The molecule has 10 heteroatoms. The maximum absolute atomic E-state index is 12.2. The summed E-state index contributed by atoms with van der Waals surface area (Å²) in [7, 11) is 0. The topological polar surface area (TPSA) is 69.0 Å². The van der Waals surface area contributed by atoms with Crippen molar-refractivity contribution in [2.45, 2.75) is 42.6 Å². The number of alkyl halides is 3. The van der Waals surface area contributed by atoms with Crippen LogP contribution in [0.5, 0.6) is 5.75 Å². The second-order valence-electron chi connectivity index (χ2n) is 5.57. The van der Waals surface area contributed by atoms with Crippen molar-refractivity contribution < 1.29 is 22.7 Å². The molecular formula is C15H15F3N4O2S. The molecule has 1 heterocycles. The van der Waals surface area contributed by atoms with Gasteiger partial charge in [0.2, 0.25) is 5.91 Å². The van der Waals surface area contributed by atoms with Crippen molar-refractivity contribution >= 4 is 23.4 Å². The molecule has 1 saturated carbocycles. The van der Waals surface area contributed by atoms with E-state index in [0.717, 1.165) is 25.0 Å². The summed E-state index contributed by atoms with van der Waals surface area (Å²) >= 11 is 1.29. The monoisotopic (exact) mass is 372 g/mol. The highest BCUT2D eigenvalue weighted by Gasteiger charge is 2.31. The van der Waals surface area contributed by atoms with Gasteiger partial charge in [-0.05, 0) is 44.0 Å². The average molecular weight is 372 g/mol. The number of carbonyl (C=O) groups is 1. The number of thioether (sulfide) groups is 1.